The normalized spacial score (nSPS) is 26.3. The molecule has 2 fully saturated rings. The van der Waals surface area contributed by atoms with Crippen molar-refractivity contribution < 1.29 is 0 Å². The second-order valence-electron chi connectivity index (χ2n) is 6.64. The third-order valence-corrected chi connectivity index (χ3v) is 4.98. The molecule has 104 valence electrons. The summed E-state index contributed by atoms with van der Waals surface area (Å²) >= 11 is 0. The highest BCUT2D eigenvalue weighted by atomic mass is 15.3. The molecule has 0 radical (unpaired) electrons. The smallest absolute Gasteiger partial charge is 0.0438 e. The maximum Gasteiger partial charge on any atom is 0.0438 e. The average Bonchev–Trinajstić information content (AvgIpc) is 2.87. The lowest BCUT2D eigenvalue weighted by Gasteiger charge is -2.49. The van der Waals surface area contributed by atoms with Crippen LogP contribution < -0.4 is 10.2 Å². The Morgan fingerprint density at radius 1 is 1.16 bits per heavy atom. The van der Waals surface area contributed by atoms with Gasteiger partial charge in [-0.1, -0.05) is 44.9 Å². The van der Waals surface area contributed by atoms with Crippen LogP contribution in [-0.4, -0.2) is 24.7 Å². The van der Waals surface area contributed by atoms with Gasteiger partial charge in [-0.05, 0) is 30.9 Å². The average molecular weight is 258 g/mol. The molecule has 2 heteroatoms. The SMILES string of the molecule is CC(C)C1CNC2(CCCC2)CN1c1ccccc1. The van der Waals surface area contributed by atoms with Crippen LogP contribution in [0.3, 0.4) is 0 Å². The molecule has 1 N–H and O–H groups in total. The summed E-state index contributed by atoms with van der Waals surface area (Å²) in [5, 5.41) is 3.88. The third-order valence-electron chi connectivity index (χ3n) is 4.98. The Morgan fingerprint density at radius 3 is 2.47 bits per heavy atom. The minimum atomic E-state index is 0.390. The summed E-state index contributed by atoms with van der Waals surface area (Å²) in [6.45, 7) is 7.00. The van der Waals surface area contributed by atoms with E-state index in [0.717, 1.165) is 6.54 Å². The molecule has 19 heavy (non-hydrogen) atoms. The van der Waals surface area contributed by atoms with Gasteiger partial charge in [0.05, 0.1) is 0 Å². The molecule has 1 unspecified atom stereocenters. The summed E-state index contributed by atoms with van der Waals surface area (Å²) in [4.78, 5) is 2.66. The highest BCUT2D eigenvalue weighted by Crippen LogP contribution is 2.36. The van der Waals surface area contributed by atoms with Crippen molar-refractivity contribution in [3.63, 3.8) is 0 Å². The molecule has 2 aliphatic rings. The van der Waals surface area contributed by atoms with Crippen molar-refractivity contribution in [2.45, 2.75) is 51.1 Å². The minimum absolute atomic E-state index is 0.390. The van der Waals surface area contributed by atoms with Gasteiger partial charge in [0.1, 0.15) is 0 Å². The summed E-state index contributed by atoms with van der Waals surface area (Å²) in [6.07, 6.45) is 5.48. The van der Waals surface area contributed by atoms with Gasteiger partial charge in [0, 0.05) is 30.4 Å². The topological polar surface area (TPSA) is 15.3 Å². The van der Waals surface area contributed by atoms with E-state index >= 15 is 0 Å². The van der Waals surface area contributed by atoms with Gasteiger partial charge in [-0.25, -0.2) is 0 Å². The molecule has 1 saturated carbocycles. The number of anilines is 1. The number of para-hydroxylation sites is 1. The van der Waals surface area contributed by atoms with Crippen LogP contribution in [0.4, 0.5) is 5.69 Å². The Labute approximate surface area is 117 Å². The maximum atomic E-state index is 3.88. The van der Waals surface area contributed by atoms with Crippen LogP contribution in [0.1, 0.15) is 39.5 Å². The summed E-state index contributed by atoms with van der Waals surface area (Å²) in [5.41, 5.74) is 1.79. The zero-order valence-corrected chi connectivity index (χ0v) is 12.2. The second-order valence-corrected chi connectivity index (χ2v) is 6.64. The fourth-order valence-electron chi connectivity index (χ4n) is 3.81. The summed E-state index contributed by atoms with van der Waals surface area (Å²) < 4.78 is 0. The van der Waals surface area contributed by atoms with Gasteiger partial charge in [0.15, 0.2) is 0 Å². The first-order valence-electron chi connectivity index (χ1n) is 7.77. The van der Waals surface area contributed by atoms with Crippen LogP contribution in [0.2, 0.25) is 0 Å². The fourth-order valence-corrected chi connectivity index (χ4v) is 3.81. The number of hydrogen-bond acceptors (Lipinski definition) is 2. The quantitative estimate of drug-likeness (QED) is 0.874. The Bertz CT molecular complexity index is 407. The number of nitrogens with zero attached hydrogens (tertiary/aromatic N) is 1. The van der Waals surface area contributed by atoms with Crippen molar-refractivity contribution >= 4 is 5.69 Å². The van der Waals surface area contributed by atoms with Crippen molar-refractivity contribution in [1.82, 2.24) is 5.32 Å². The van der Waals surface area contributed by atoms with Gasteiger partial charge in [-0.3, -0.25) is 0 Å². The molecule has 1 aromatic rings. The molecule has 0 bridgehead atoms. The van der Waals surface area contributed by atoms with Crippen LogP contribution in [0, 0.1) is 5.92 Å². The Hall–Kier alpha value is -1.02. The Morgan fingerprint density at radius 2 is 1.84 bits per heavy atom. The van der Waals surface area contributed by atoms with Gasteiger partial charge in [-0.15, -0.1) is 0 Å². The number of hydrogen-bond donors (Lipinski definition) is 1. The highest BCUT2D eigenvalue weighted by molar-refractivity contribution is 5.49. The first kappa shape index (κ1) is 13.0. The van der Waals surface area contributed by atoms with E-state index in [4.69, 9.17) is 0 Å². The van der Waals surface area contributed by atoms with E-state index in [0.29, 0.717) is 17.5 Å². The van der Waals surface area contributed by atoms with Crippen LogP contribution in [0.5, 0.6) is 0 Å². The number of benzene rings is 1. The molecular weight excluding hydrogens is 232 g/mol. The lowest BCUT2D eigenvalue weighted by Crippen LogP contribution is -2.64. The molecule has 1 aromatic carbocycles. The predicted molar refractivity (Wildman–Crippen MR) is 81.6 cm³/mol. The van der Waals surface area contributed by atoms with Gasteiger partial charge < -0.3 is 10.2 Å². The molecule has 0 amide bonds. The van der Waals surface area contributed by atoms with E-state index in [1.165, 1.54) is 37.9 Å². The number of nitrogens with one attached hydrogen (secondary N) is 1. The Kier molecular flexibility index (Phi) is 3.53. The van der Waals surface area contributed by atoms with Crippen molar-refractivity contribution in [3.8, 4) is 0 Å². The first-order valence-corrected chi connectivity index (χ1v) is 7.77. The summed E-state index contributed by atoms with van der Waals surface area (Å²) in [7, 11) is 0. The predicted octanol–water partition coefficient (Wildman–Crippen LogP) is 3.43. The van der Waals surface area contributed by atoms with E-state index in [-0.39, 0.29) is 0 Å². The first-order chi connectivity index (χ1) is 9.20. The lowest BCUT2D eigenvalue weighted by molar-refractivity contribution is 0.245. The molecule has 1 spiro atoms. The van der Waals surface area contributed by atoms with Crippen LogP contribution in [0.15, 0.2) is 30.3 Å². The van der Waals surface area contributed by atoms with Crippen molar-refractivity contribution in [3.05, 3.63) is 30.3 Å². The molecule has 0 aromatic heterocycles. The summed E-state index contributed by atoms with van der Waals surface area (Å²) in [5.74, 6) is 0.687. The van der Waals surface area contributed by atoms with Crippen molar-refractivity contribution in [1.29, 1.82) is 0 Å². The number of piperazine rings is 1. The molecular formula is C17H26N2. The van der Waals surface area contributed by atoms with Gasteiger partial charge in [0.25, 0.3) is 0 Å². The minimum Gasteiger partial charge on any atom is -0.365 e. The molecule has 1 atom stereocenters. The van der Waals surface area contributed by atoms with Crippen LogP contribution in [-0.2, 0) is 0 Å². The van der Waals surface area contributed by atoms with Crippen LogP contribution in [0.25, 0.3) is 0 Å². The number of rotatable bonds is 2. The van der Waals surface area contributed by atoms with E-state index in [1.54, 1.807) is 0 Å². The molecule has 3 rings (SSSR count). The third kappa shape index (κ3) is 2.51. The van der Waals surface area contributed by atoms with E-state index in [9.17, 15) is 0 Å². The van der Waals surface area contributed by atoms with Crippen molar-refractivity contribution in [2.24, 2.45) is 5.92 Å². The Balaban J connectivity index is 1.86. The largest absolute Gasteiger partial charge is 0.365 e. The zero-order chi connectivity index (χ0) is 13.3. The van der Waals surface area contributed by atoms with Gasteiger partial charge >= 0.3 is 0 Å². The van der Waals surface area contributed by atoms with E-state index < -0.39 is 0 Å². The van der Waals surface area contributed by atoms with E-state index in [2.05, 4.69) is 54.4 Å². The van der Waals surface area contributed by atoms with Gasteiger partial charge in [0.2, 0.25) is 0 Å². The van der Waals surface area contributed by atoms with Crippen molar-refractivity contribution in [2.75, 3.05) is 18.0 Å². The van der Waals surface area contributed by atoms with E-state index in [1.807, 2.05) is 0 Å². The summed E-state index contributed by atoms with van der Waals surface area (Å²) in [6, 6.07) is 11.6. The second kappa shape index (κ2) is 5.16. The lowest BCUT2D eigenvalue weighted by atomic mass is 9.88. The maximum absolute atomic E-state index is 3.88. The zero-order valence-electron chi connectivity index (χ0n) is 12.2. The fraction of sp³-hybridized carbons (Fsp3) is 0.647. The molecule has 1 saturated heterocycles. The highest BCUT2D eigenvalue weighted by Gasteiger charge is 2.41. The van der Waals surface area contributed by atoms with Gasteiger partial charge in [-0.2, -0.15) is 0 Å². The van der Waals surface area contributed by atoms with Crippen LogP contribution >= 0.6 is 0 Å². The molecule has 1 heterocycles. The molecule has 1 aliphatic carbocycles. The monoisotopic (exact) mass is 258 g/mol. The molecule has 2 nitrogen and oxygen atoms in total. The molecule has 1 aliphatic heterocycles. The standard InChI is InChI=1S/C17H26N2/c1-14(2)16-12-18-17(10-6-7-11-17)13-19(16)15-8-4-3-5-9-15/h3-5,8-9,14,16,18H,6-7,10-13H2,1-2H3.